The van der Waals surface area contributed by atoms with Crippen LogP contribution in [-0.4, -0.2) is 6.04 Å². The van der Waals surface area contributed by atoms with Crippen LogP contribution in [0.15, 0.2) is 284 Å². The molecule has 1 aliphatic rings. The minimum atomic E-state index is -0.0329. The summed E-state index contributed by atoms with van der Waals surface area (Å²) in [6, 6.07) is 69.1. The first-order valence-electron chi connectivity index (χ1n) is 24.2. The van der Waals surface area contributed by atoms with E-state index in [9.17, 15) is 0 Å². The minimum absolute atomic E-state index is 0.0329. The first-order valence-corrected chi connectivity index (χ1v) is 24.2. The number of fused-ring (bicyclic) bond motifs is 6. The topological polar surface area (TPSA) is 3.24 Å². The van der Waals surface area contributed by atoms with E-state index in [1.54, 1.807) is 0 Å². The summed E-state index contributed by atoms with van der Waals surface area (Å²) in [6.07, 6.45) is 20.0. The van der Waals surface area contributed by atoms with Gasteiger partial charge in [-0.25, -0.2) is 0 Å². The van der Waals surface area contributed by atoms with E-state index < -0.39 is 0 Å². The van der Waals surface area contributed by atoms with Crippen LogP contribution in [0, 0.1) is 0 Å². The molecule has 1 unspecified atom stereocenters. The Labute approximate surface area is 408 Å². The molecular formula is C68H57N. The molecule has 0 saturated carbocycles. The largest absolute Gasteiger partial charge is 0.334 e. The van der Waals surface area contributed by atoms with Gasteiger partial charge >= 0.3 is 0 Å². The summed E-state index contributed by atoms with van der Waals surface area (Å²) >= 11 is 0. The highest BCUT2D eigenvalue weighted by Gasteiger charge is 2.30. The van der Waals surface area contributed by atoms with Gasteiger partial charge < -0.3 is 4.90 Å². The molecular weight excluding hydrogens is 831 g/mol. The van der Waals surface area contributed by atoms with Gasteiger partial charge in [0, 0.05) is 17.3 Å². The Morgan fingerprint density at radius 3 is 1.74 bits per heavy atom. The molecule has 69 heavy (non-hydrogen) atoms. The average molecular weight is 888 g/mol. The molecule has 0 fully saturated rings. The summed E-state index contributed by atoms with van der Waals surface area (Å²) in [7, 11) is 0. The first kappa shape index (κ1) is 44.6. The van der Waals surface area contributed by atoms with Crippen molar-refractivity contribution in [2.24, 2.45) is 0 Å². The van der Waals surface area contributed by atoms with Gasteiger partial charge in [-0.1, -0.05) is 226 Å². The number of hydrogen-bond donors (Lipinski definition) is 0. The molecule has 0 spiro atoms. The molecule has 0 aromatic heterocycles. The van der Waals surface area contributed by atoms with Gasteiger partial charge in [-0.2, -0.15) is 0 Å². The summed E-state index contributed by atoms with van der Waals surface area (Å²) in [6.45, 7) is 15.1. The third-order valence-electron chi connectivity index (χ3n) is 14.0. The maximum absolute atomic E-state index is 4.24. The van der Waals surface area contributed by atoms with Gasteiger partial charge in [0.15, 0.2) is 0 Å². The monoisotopic (exact) mass is 887 g/mol. The van der Waals surface area contributed by atoms with Crippen LogP contribution < -0.4 is 4.90 Å². The molecule has 334 valence electrons. The number of allylic oxidation sites excluding steroid dienone is 11. The molecule has 1 heteroatoms. The second-order valence-electron chi connectivity index (χ2n) is 18.1. The van der Waals surface area contributed by atoms with Crippen LogP contribution in [0.2, 0.25) is 0 Å². The molecule has 0 aliphatic heterocycles. The van der Waals surface area contributed by atoms with Gasteiger partial charge in [0.05, 0.1) is 6.04 Å². The van der Waals surface area contributed by atoms with Crippen molar-refractivity contribution < 1.29 is 0 Å². The van der Waals surface area contributed by atoms with E-state index in [0.717, 1.165) is 17.8 Å². The molecule has 0 amide bonds. The summed E-state index contributed by atoms with van der Waals surface area (Å²) in [4.78, 5) is 2.58. The lowest BCUT2D eigenvalue weighted by atomic mass is 9.79. The number of benzene rings is 9. The van der Waals surface area contributed by atoms with Gasteiger partial charge in [-0.15, -0.1) is 0 Å². The molecule has 1 aliphatic carbocycles. The second kappa shape index (κ2) is 19.9. The van der Waals surface area contributed by atoms with Crippen molar-refractivity contribution in [1.29, 1.82) is 0 Å². The molecule has 10 rings (SSSR count). The van der Waals surface area contributed by atoms with Crippen molar-refractivity contribution in [1.82, 2.24) is 0 Å². The van der Waals surface area contributed by atoms with Crippen LogP contribution in [0.5, 0.6) is 0 Å². The number of nitrogens with zero attached hydrogens (tertiary/aromatic N) is 1. The van der Waals surface area contributed by atoms with Crippen LogP contribution in [-0.2, 0) is 0 Å². The Morgan fingerprint density at radius 2 is 1.12 bits per heavy atom. The van der Waals surface area contributed by atoms with Crippen molar-refractivity contribution in [3.63, 3.8) is 0 Å². The zero-order valence-corrected chi connectivity index (χ0v) is 39.8. The Bertz CT molecular complexity index is 3590. The van der Waals surface area contributed by atoms with E-state index in [1.807, 2.05) is 18.2 Å². The molecule has 0 radical (unpaired) electrons. The Kier molecular flexibility index (Phi) is 12.9. The van der Waals surface area contributed by atoms with Gasteiger partial charge in [-0.05, 0) is 155 Å². The lowest BCUT2D eigenvalue weighted by Crippen LogP contribution is -2.34. The van der Waals surface area contributed by atoms with Gasteiger partial charge in [0.1, 0.15) is 0 Å². The maximum atomic E-state index is 4.24. The lowest BCUT2D eigenvalue weighted by Gasteiger charge is -2.38. The van der Waals surface area contributed by atoms with Crippen molar-refractivity contribution in [2.45, 2.75) is 39.2 Å². The fourth-order valence-electron chi connectivity index (χ4n) is 10.7. The van der Waals surface area contributed by atoms with Crippen LogP contribution in [0.3, 0.4) is 0 Å². The van der Waals surface area contributed by atoms with E-state index >= 15 is 0 Å². The van der Waals surface area contributed by atoms with Gasteiger partial charge in [-0.3, -0.25) is 0 Å². The van der Waals surface area contributed by atoms with Crippen LogP contribution in [0.4, 0.5) is 11.4 Å². The molecule has 0 N–H and O–H groups in total. The lowest BCUT2D eigenvalue weighted by molar-refractivity contribution is 0.744. The Hall–Kier alpha value is -8.26. The molecule has 1 nitrogen and oxygen atoms in total. The molecule has 2 atom stereocenters. The summed E-state index contributed by atoms with van der Waals surface area (Å²) < 4.78 is 0. The predicted molar refractivity (Wildman–Crippen MR) is 300 cm³/mol. The zero-order chi connectivity index (χ0) is 47.3. The van der Waals surface area contributed by atoms with E-state index in [2.05, 4.69) is 263 Å². The summed E-state index contributed by atoms with van der Waals surface area (Å²) in [5.41, 5.74) is 14.5. The third-order valence-corrected chi connectivity index (χ3v) is 14.0. The standard InChI is InChI=1S/C68H57N/c1-6-8-10-25-47(3)68(58(24-7-2)48(4)50-26-11-9-12-27-50)49(5)57-32-21-22-39-67(57)69(55-42-40-51(41-43-55)65-45-53-28-13-15-33-59(53)61-35-17-19-37-63(61)65)56-31-23-30-52(44-56)66-46-54-29-14-16-34-60(54)62-36-18-20-38-64(62)66/h6-38,40-46,48,67H,1-2,39H2,3-5H3/b10-8-,47-25+,58-24-,68-49+/t48?,67-/m0/s1. The van der Waals surface area contributed by atoms with Crippen LogP contribution in [0.25, 0.3) is 65.3 Å². The van der Waals surface area contributed by atoms with Crippen molar-refractivity contribution in [3.05, 3.63) is 289 Å². The second-order valence-corrected chi connectivity index (χ2v) is 18.1. The van der Waals surface area contributed by atoms with Crippen molar-refractivity contribution in [3.8, 4) is 22.3 Å². The van der Waals surface area contributed by atoms with Crippen molar-refractivity contribution >= 4 is 54.5 Å². The maximum Gasteiger partial charge on any atom is 0.0628 e. The Morgan fingerprint density at radius 1 is 0.536 bits per heavy atom. The van der Waals surface area contributed by atoms with Crippen molar-refractivity contribution in [2.75, 3.05) is 4.90 Å². The number of anilines is 2. The highest BCUT2D eigenvalue weighted by molar-refractivity contribution is 6.15. The molecule has 0 heterocycles. The first-order chi connectivity index (χ1) is 33.9. The average Bonchev–Trinajstić information content (AvgIpc) is 3.41. The summed E-state index contributed by atoms with van der Waals surface area (Å²) in [5, 5.41) is 10.1. The van der Waals surface area contributed by atoms with E-state index in [0.29, 0.717) is 0 Å². The quantitative estimate of drug-likeness (QED) is 0.0824. The van der Waals surface area contributed by atoms with Gasteiger partial charge in [0.25, 0.3) is 0 Å². The molecule has 9 aromatic rings. The Balaban J connectivity index is 1.17. The highest BCUT2D eigenvalue weighted by atomic mass is 15.2. The van der Waals surface area contributed by atoms with Gasteiger partial charge in [0.2, 0.25) is 0 Å². The fraction of sp³-hybridized carbons (Fsp3) is 0.0882. The van der Waals surface area contributed by atoms with Crippen LogP contribution in [0.1, 0.15) is 38.7 Å². The molecule has 9 aromatic carbocycles. The number of rotatable bonds is 13. The molecule has 0 saturated heterocycles. The third kappa shape index (κ3) is 8.77. The molecule has 0 bridgehead atoms. The smallest absolute Gasteiger partial charge is 0.0628 e. The highest BCUT2D eigenvalue weighted by Crippen LogP contribution is 2.44. The van der Waals surface area contributed by atoms with Crippen LogP contribution >= 0.6 is 0 Å². The van der Waals surface area contributed by atoms with E-state index in [1.165, 1.54) is 98.8 Å². The number of hydrogen-bond acceptors (Lipinski definition) is 1. The predicted octanol–water partition coefficient (Wildman–Crippen LogP) is 18.9. The zero-order valence-electron chi connectivity index (χ0n) is 39.8. The normalized spacial score (nSPS) is 15.1. The summed E-state index contributed by atoms with van der Waals surface area (Å²) in [5.74, 6) is 0.113. The van der Waals surface area contributed by atoms with E-state index in [4.69, 9.17) is 0 Å². The minimum Gasteiger partial charge on any atom is -0.334 e. The fourth-order valence-corrected chi connectivity index (χ4v) is 10.7. The van der Waals surface area contributed by atoms with E-state index in [-0.39, 0.29) is 12.0 Å². The SMILES string of the molecule is C=C\C=C/C=C(C)/C(C(=C\C=C)/C(C)c1ccccc1)=C(/C)C1=CC=CC[C@@H]1N(c1ccc(-c2cc3ccccc3c3ccccc23)cc1)c1cccc(-c2cc3ccccc3c3ccccc23)c1.